The summed E-state index contributed by atoms with van der Waals surface area (Å²) in [5, 5.41) is 2.60. The average Bonchev–Trinajstić information content (AvgIpc) is 3.10. The zero-order valence-corrected chi connectivity index (χ0v) is 15.3. The molecule has 0 aliphatic carbocycles. The fourth-order valence-corrected chi connectivity index (χ4v) is 2.91. The summed E-state index contributed by atoms with van der Waals surface area (Å²) in [5.41, 5.74) is 2.01. The maximum atomic E-state index is 12.8. The quantitative estimate of drug-likeness (QED) is 0.744. The summed E-state index contributed by atoms with van der Waals surface area (Å²) in [7, 11) is 0. The lowest BCUT2D eigenvalue weighted by Crippen LogP contribution is -2.28. The Balaban J connectivity index is 1.43. The van der Waals surface area contributed by atoms with E-state index in [1.54, 1.807) is 41.3 Å². The van der Waals surface area contributed by atoms with Crippen molar-refractivity contribution in [3.05, 3.63) is 71.0 Å². The van der Waals surface area contributed by atoms with Crippen molar-refractivity contribution in [3.63, 3.8) is 0 Å². The Morgan fingerprint density at radius 3 is 2.36 bits per heavy atom. The highest BCUT2D eigenvalue weighted by Gasteiger charge is 2.20. The third kappa shape index (κ3) is 5.39. The van der Waals surface area contributed by atoms with E-state index in [4.69, 9.17) is 4.74 Å². The van der Waals surface area contributed by atoms with Crippen molar-refractivity contribution >= 4 is 17.8 Å². The predicted octanol–water partition coefficient (Wildman–Crippen LogP) is 2.42. The summed E-state index contributed by atoms with van der Waals surface area (Å²) in [6.45, 7) is 1.11. The molecule has 6 nitrogen and oxygen atoms in total. The monoisotopic (exact) mass is 384 g/mol. The molecule has 0 unspecified atom stereocenters. The SMILES string of the molecule is O=C(COC(=O)c1ccc(CN2CCCC2=O)cc1)NCc1ccc(F)cc1. The number of carbonyl (C=O) groups excluding carboxylic acids is 3. The molecule has 2 amide bonds. The van der Waals surface area contributed by atoms with Crippen LogP contribution >= 0.6 is 0 Å². The van der Waals surface area contributed by atoms with Crippen molar-refractivity contribution in [3.8, 4) is 0 Å². The van der Waals surface area contributed by atoms with Crippen LogP contribution in [0.2, 0.25) is 0 Å². The van der Waals surface area contributed by atoms with Crippen molar-refractivity contribution in [2.75, 3.05) is 13.2 Å². The van der Waals surface area contributed by atoms with Crippen molar-refractivity contribution in [2.45, 2.75) is 25.9 Å². The summed E-state index contributed by atoms with van der Waals surface area (Å²) in [4.78, 5) is 37.3. The number of rotatable bonds is 7. The Kier molecular flexibility index (Phi) is 6.37. The number of hydrogen-bond donors (Lipinski definition) is 1. The first-order valence-electron chi connectivity index (χ1n) is 9.06. The van der Waals surface area contributed by atoms with Crippen LogP contribution in [0.4, 0.5) is 4.39 Å². The van der Waals surface area contributed by atoms with Crippen LogP contribution in [-0.2, 0) is 27.4 Å². The largest absolute Gasteiger partial charge is 0.452 e. The van der Waals surface area contributed by atoms with Crippen LogP contribution in [0.5, 0.6) is 0 Å². The van der Waals surface area contributed by atoms with Gasteiger partial charge in [-0.1, -0.05) is 24.3 Å². The number of nitrogens with one attached hydrogen (secondary N) is 1. The Bertz CT molecular complexity index is 850. The highest BCUT2D eigenvalue weighted by Crippen LogP contribution is 2.15. The Morgan fingerprint density at radius 1 is 1.04 bits per heavy atom. The van der Waals surface area contributed by atoms with E-state index in [1.165, 1.54) is 12.1 Å². The number of amides is 2. The van der Waals surface area contributed by atoms with Crippen LogP contribution in [0.1, 0.15) is 34.3 Å². The molecule has 1 N–H and O–H groups in total. The van der Waals surface area contributed by atoms with Gasteiger partial charge in [-0.25, -0.2) is 9.18 Å². The number of likely N-dealkylation sites (tertiary alicyclic amines) is 1. The number of carbonyl (C=O) groups is 3. The van der Waals surface area contributed by atoms with E-state index in [-0.39, 0.29) is 18.3 Å². The van der Waals surface area contributed by atoms with Crippen LogP contribution in [0.3, 0.4) is 0 Å². The summed E-state index contributed by atoms with van der Waals surface area (Å²) in [6, 6.07) is 12.5. The second-order valence-corrected chi connectivity index (χ2v) is 6.60. The molecule has 7 heteroatoms. The molecule has 0 atom stereocenters. The molecule has 0 bridgehead atoms. The lowest BCUT2D eigenvalue weighted by atomic mass is 10.1. The molecule has 1 aliphatic heterocycles. The standard InChI is InChI=1S/C21H21FN2O4/c22-18-9-5-15(6-10-18)12-23-19(25)14-28-21(27)17-7-3-16(4-8-17)13-24-11-1-2-20(24)26/h3-10H,1-2,11-14H2,(H,23,25). The molecular weight excluding hydrogens is 363 g/mol. The van der Waals surface area contributed by atoms with Gasteiger partial charge in [-0.05, 0) is 41.8 Å². The summed E-state index contributed by atoms with van der Waals surface area (Å²) in [6.07, 6.45) is 1.47. The maximum Gasteiger partial charge on any atom is 0.338 e. The third-order valence-corrected chi connectivity index (χ3v) is 4.47. The molecule has 2 aromatic carbocycles. The normalized spacial score (nSPS) is 13.5. The molecule has 0 radical (unpaired) electrons. The minimum atomic E-state index is -0.597. The fourth-order valence-electron chi connectivity index (χ4n) is 2.91. The molecule has 1 saturated heterocycles. The van der Waals surface area contributed by atoms with E-state index < -0.39 is 18.5 Å². The van der Waals surface area contributed by atoms with Gasteiger partial charge in [0, 0.05) is 26.1 Å². The minimum Gasteiger partial charge on any atom is -0.452 e. The molecule has 146 valence electrons. The number of halogens is 1. The molecule has 0 saturated carbocycles. The first-order valence-corrected chi connectivity index (χ1v) is 9.06. The first kappa shape index (κ1) is 19.5. The van der Waals surface area contributed by atoms with Crippen molar-refractivity contribution in [1.82, 2.24) is 10.2 Å². The lowest BCUT2D eigenvalue weighted by molar-refractivity contribution is -0.128. The van der Waals surface area contributed by atoms with Gasteiger partial charge in [0.15, 0.2) is 6.61 Å². The van der Waals surface area contributed by atoms with Crippen molar-refractivity contribution in [2.24, 2.45) is 0 Å². The number of ether oxygens (including phenoxy) is 1. The summed E-state index contributed by atoms with van der Waals surface area (Å²) >= 11 is 0. The predicted molar refractivity (Wildman–Crippen MR) is 99.6 cm³/mol. The highest BCUT2D eigenvalue weighted by atomic mass is 19.1. The zero-order chi connectivity index (χ0) is 19.9. The molecule has 3 rings (SSSR count). The molecule has 1 heterocycles. The van der Waals surface area contributed by atoms with Crippen LogP contribution in [-0.4, -0.2) is 35.8 Å². The Hall–Kier alpha value is -3.22. The van der Waals surface area contributed by atoms with Gasteiger partial charge in [0.2, 0.25) is 5.91 Å². The summed E-state index contributed by atoms with van der Waals surface area (Å²) < 4.78 is 17.8. The molecule has 0 aromatic heterocycles. The second kappa shape index (κ2) is 9.12. The van der Waals surface area contributed by atoms with E-state index in [9.17, 15) is 18.8 Å². The van der Waals surface area contributed by atoms with Gasteiger partial charge in [0.05, 0.1) is 5.56 Å². The van der Waals surface area contributed by atoms with Gasteiger partial charge in [-0.15, -0.1) is 0 Å². The van der Waals surface area contributed by atoms with Gasteiger partial charge in [0.1, 0.15) is 5.82 Å². The Morgan fingerprint density at radius 2 is 1.71 bits per heavy atom. The van der Waals surface area contributed by atoms with E-state index >= 15 is 0 Å². The van der Waals surface area contributed by atoms with Crippen LogP contribution in [0, 0.1) is 5.82 Å². The van der Waals surface area contributed by atoms with E-state index in [0.29, 0.717) is 18.5 Å². The molecule has 28 heavy (non-hydrogen) atoms. The first-order chi connectivity index (χ1) is 13.5. The smallest absolute Gasteiger partial charge is 0.338 e. The van der Waals surface area contributed by atoms with E-state index in [2.05, 4.69) is 5.32 Å². The second-order valence-electron chi connectivity index (χ2n) is 6.60. The molecule has 1 fully saturated rings. The number of hydrogen-bond acceptors (Lipinski definition) is 4. The van der Waals surface area contributed by atoms with E-state index in [1.807, 2.05) is 0 Å². The van der Waals surface area contributed by atoms with Crippen molar-refractivity contribution < 1.29 is 23.5 Å². The lowest BCUT2D eigenvalue weighted by Gasteiger charge is -2.15. The number of nitrogens with zero attached hydrogens (tertiary/aromatic N) is 1. The highest BCUT2D eigenvalue weighted by molar-refractivity contribution is 5.91. The number of esters is 1. The molecular formula is C21H21FN2O4. The molecule has 0 spiro atoms. The van der Waals surface area contributed by atoms with Crippen molar-refractivity contribution in [1.29, 1.82) is 0 Å². The molecule has 2 aromatic rings. The maximum absolute atomic E-state index is 12.8. The van der Waals surface area contributed by atoms with Gasteiger partial charge < -0.3 is 15.0 Å². The molecule has 1 aliphatic rings. The van der Waals surface area contributed by atoms with Gasteiger partial charge >= 0.3 is 5.97 Å². The third-order valence-electron chi connectivity index (χ3n) is 4.47. The Labute approximate surface area is 162 Å². The van der Waals surface area contributed by atoms with Gasteiger partial charge in [-0.2, -0.15) is 0 Å². The fraction of sp³-hybridized carbons (Fsp3) is 0.286. The average molecular weight is 384 g/mol. The summed E-state index contributed by atoms with van der Waals surface area (Å²) in [5.74, 6) is -1.24. The van der Waals surface area contributed by atoms with Gasteiger partial charge in [0.25, 0.3) is 5.91 Å². The van der Waals surface area contributed by atoms with Gasteiger partial charge in [-0.3, -0.25) is 9.59 Å². The van der Waals surface area contributed by atoms with E-state index in [0.717, 1.165) is 24.1 Å². The van der Waals surface area contributed by atoms with Crippen LogP contribution in [0.15, 0.2) is 48.5 Å². The van der Waals surface area contributed by atoms with Crippen LogP contribution in [0.25, 0.3) is 0 Å². The topological polar surface area (TPSA) is 75.7 Å². The minimum absolute atomic E-state index is 0.148. The van der Waals surface area contributed by atoms with Crippen LogP contribution < -0.4 is 5.32 Å². The number of benzene rings is 2. The zero-order valence-electron chi connectivity index (χ0n) is 15.3.